The van der Waals surface area contributed by atoms with Crippen LogP contribution in [0.3, 0.4) is 0 Å². The lowest BCUT2D eigenvalue weighted by molar-refractivity contribution is 0.289. The number of nitrogens with zero attached hydrogens (tertiary/aromatic N) is 1. The Labute approximate surface area is 121 Å². The van der Waals surface area contributed by atoms with Gasteiger partial charge in [-0.15, -0.1) is 0 Å². The summed E-state index contributed by atoms with van der Waals surface area (Å²) < 4.78 is 24.3. The molecule has 0 aromatic heterocycles. The molecular weight excluding hydrogens is 274 g/mol. The first-order chi connectivity index (χ1) is 9.53. The van der Waals surface area contributed by atoms with Crippen LogP contribution in [0.15, 0.2) is 24.3 Å². The van der Waals surface area contributed by atoms with Gasteiger partial charge in [0.2, 0.25) is 0 Å². The zero-order valence-electron chi connectivity index (χ0n) is 11.7. The van der Waals surface area contributed by atoms with Crippen molar-refractivity contribution in [3.63, 3.8) is 0 Å². The van der Waals surface area contributed by atoms with Gasteiger partial charge in [-0.05, 0) is 50.0 Å². The Kier molecular flexibility index (Phi) is 5.39. The molecule has 1 aromatic carbocycles. The second kappa shape index (κ2) is 7.06. The Bertz CT molecular complexity index is 523. The molecule has 6 heteroatoms. The molecule has 0 atom stereocenters. The van der Waals surface area contributed by atoms with Crippen molar-refractivity contribution in [1.82, 2.24) is 4.90 Å². The highest BCUT2D eigenvalue weighted by atomic mass is 32.2. The first-order valence-electron chi connectivity index (χ1n) is 7.15. The van der Waals surface area contributed by atoms with Crippen molar-refractivity contribution in [2.75, 3.05) is 24.4 Å². The van der Waals surface area contributed by atoms with Gasteiger partial charge in [0, 0.05) is 12.2 Å². The predicted molar refractivity (Wildman–Crippen MR) is 81.8 cm³/mol. The number of benzene rings is 1. The number of hydrogen-bond acceptors (Lipinski definition) is 3. The molecule has 1 aliphatic heterocycles. The fourth-order valence-corrected chi connectivity index (χ4v) is 3.06. The molecule has 1 fully saturated rings. The van der Waals surface area contributed by atoms with Gasteiger partial charge >= 0.3 is 0 Å². The van der Waals surface area contributed by atoms with Gasteiger partial charge in [0.05, 0.1) is 0 Å². The summed E-state index contributed by atoms with van der Waals surface area (Å²) in [6.07, 6.45) is 6.18. The van der Waals surface area contributed by atoms with Gasteiger partial charge in [-0.2, -0.15) is 8.42 Å². The maximum atomic E-state index is 11.0. The molecule has 3 N–H and O–H groups in total. The number of nitrogens with two attached hydrogens (primary N) is 1. The quantitative estimate of drug-likeness (QED) is 0.869. The molecule has 0 unspecified atom stereocenters. The molecule has 0 spiro atoms. The highest BCUT2D eigenvalue weighted by Crippen LogP contribution is 2.14. The molecule has 1 aliphatic rings. The lowest BCUT2D eigenvalue weighted by atomic mass is 10.1. The predicted octanol–water partition coefficient (Wildman–Crippen LogP) is 1.72. The highest BCUT2D eigenvalue weighted by molar-refractivity contribution is 7.90. The smallest absolute Gasteiger partial charge is 0.296 e. The van der Waals surface area contributed by atoms with E-state index in [-0.39, 0.29) is 0 Å². The van der Waals surface area contributed by atoms with Gasteiger partial charge in [-0.1, -0.05) is 25.0 Å². The monoisotopic (exact) mass is 297 g/mol. The Balaban J connectivity index is 1.90. The molecule has 112 valence electrons. The van der Waals surface area contributed by atoms with Gasteiger partial charge in [0.15, 0.2) is 0 Å². The molecule has 1 aromatic rings. The van der Waals surface area contributed by atoms with Crippen LogP contribution in [0, 0.1) is 0 Å². The maximum Gasteiger partial charge on any atom is 0.296 e. The normalized spacial score (nSPS) is 17.6. The summed E-state index contributed by atoms with van der Waals surface area (Å²) in [5, 5.41) is 4.98. The van der Waals surface area contributed by atoms with Gasteiger partial charge in [-0.3, -0.25) is 4.72 Å². The Morgan fingerprint density at radius 3 is 2.50 bits per heavy atom. The van der Waals surface area contributed by atoms with Crippen LogP contribution in [-0.4, -0.2) is 33.0 Å². The molecule has 5 nitrogen and oxygen atoms in total. The van der Waals surface area contributed by atoms with E-state index in [0.717, 1.165) is 18.5 Å². The second-order valence-electron chi connectivity index (χ2n) is 5.35. The highest BCUT2D eigenvalue weighted by Gasteiger charge is 2.09. The van der Waals surface area contributed by atoms with Crippen molar-refractivity contribution in [3.05, 3.63) is 29.8 Å². The van der Waals surface area contributed by atoms with Gasteiger partial charge in [0.1, 0.15) is 0 Å². The molecule has 1 heterocycles. The molecular formula is C14H23N3O2S. The van der Waals surface area contributed by atoms with E-state index in [9.17, 15) is 8.42 Å². The van der Waals surface area contributed by atoms with E-state index >= 15 is 0 Å². The number of nitrogens with one attached hydrogen (secondary N) is 1. The second-order valence-corrected chi connectivity index (χ2v) is 6.65. The molecule has 0 bridgehead atoms. The van der Waals surface area contributed by atoms with E-state index in [1.807, 2.05) is 18.2 Å². The van der Waals surface area contributed by atoms with E-state index in [2.05, 4.69) is 9.62 Å². The van der Waals surface area contributed by atoms with Crippen molar-refractivity contribution in [2.24, 2.45) is 5.14 Å². The van der Waals surface area contributed by atoms with Crippen molar-refractivity contribution in [3.8, 4) is 0 Å². The summed E-state index contributed by atoms with van der Waals surface area (Å²) in [5.74, 6) is 0. The number of hydrogen-bond donors (Lipinski definition) is 2. The summed E-state index contributed by atoms with van der Waals surface area (Å²) in [4.78, 5) is 2.49. The van der Waals surface area contributed by atoms with E-state index in [4.69, 9.17) is 5.14 Å². The molecule has 0 aliphatic carbocycles. The molecule has 2 rings (SSSR count). The Morgan fingerprint density at radius 2 is 1.85 bits per heavy atom. The number of likely N-dealkylation sites (tertiary alicyclic amines) is 1. The Morgan fingerprint density at radius 1 is 1.15 bits per heavy atom. The third-order valence-electron chi connectivity index (χ3n) is 3.60. The van der Waals surface area contributed by atoms with Crippen LogP contribution < -0.4 is 9.86 Å². The van der Waals surface area contributed by atoms with Crippen molar-refractivity contribution < 1.29 is 8.42 Å². The van der Waals surface area contributed by atoms with E-state index < -0.39 is 10.2 Å². The van der Waals surface area contributed by atoms with Crippen molar-refractivity contribution in [2.45, 2.75) is 32.1 Å². The van der Waals surface area contributed by atoms with Crippen LogP contribution in [0.25, 0.3) is 0 Å². The van der Waals surface area contributed by atoms with Crippen LogP contribution in [0.5, 0.6) is 0 Å². The minimum Gasteiger partial charge on any atom is -0.303 e. The molecule has 0 amide bonds. The summed E-state index contributed by atoms with van der Waals surface area (Å²) in [7, 11) is -3.69. The molecule has 20 heavy (non-hydrogen) atoms. The lowest BCUT2D eigenvalue weighted by Gasteiger charge is -2.19. The minimum absolute atomic E-state index is 0.529. The van der Waals surface area contributed by atoms with Crippen LogP contribution in [0.2, 0.25) is 0 Å². The van der Waals surface area contributed by atoms with Crippen LogP contribution in [0.4, 0.5) is 5.69 Å². The largest absolute Gasteiger partial charge is 0.303 e. The zero-order chi connectivity index (χ0) is 14.4. The van der Waals surface area contributed by atoms with Gasteiger partial charge < -0.3 is 4.90 Å². The standard InChI is InChI=1S/C14H23N3O2S/c15-20(18,19)16-14-7-5-6-13(12-14)8-11-17-9-3-1-2-4-10-17/h5-7,12,16H,1-4,8-11H2,(H2,15,18,19). The summed E-state index contributed by atoms with van der Waals surface area (Å²) in [6, 6.07) is 7.43. The minimum atomic E-state index is -3.69. The van der Waals surface area contributed by atoms with Crippen LogP contribution in [0.1, 0.15) is 31.2 Å². The number of rotatable bonds is 5. The zero-order valence-corrected chi connectivity index (χ0v) is 12.5. The topological polar surface area (TPSA) is 75.4 Å². The summed E-state index contributed by atoms with van der Waals surface area (Å²) in [6.45, 7) is 3.38. The van der Waals surface area contributed by atoms with Gasteiger partial charge in [0.25, 0.3) is 10.2 Å². The fraction of sp³-hybridized carbons (Fsp3) is 0.571. The third-order valence-corrected chi connectivity index (χ3v) is 4.12. The molecule has 1 saturated heterocycles. The summed E-state index contributed by atoms with van der Waals surface area (Å²) >= 11 is 0. The third kappa shape index (κ3) is 5.48. The van der Waals surface area contributed by atoms with E-state index in [1.54, 1.807) is 6.07 Å². The molecule has 0 radical (unpaired) electrons. The maximum absolute atomic E-state index is 11.0. The SMILES string of the molecule is NS(=O)(=O)Nc1cccc(CCN2CCCCCC2)c1. The first-order valence-corrected chi connectivity index (χ1v) is 8.69. The van der Waals surface area contributed by atoms with E-state index in [1.165, 1.54) is 38.8 Å². The van der Waals surface area contributed by atoms with Crippen LogP contribution >= 0.6 is 0 Å². The molecule has 0 saturated carbocycles. The lowest BCUT2D eigenvalue weighted by Crippen LogP contribution is -2.27. The van der Waals surface area contributed by atoms with Crippen molar-refractivity contribution in [1.29, 1.82) is 0 Å². The van der Waals surface area contributed by atoms with E-state index in [0.29, 0.717) is 5.69 Å². The fourth-order valence-electron chi connectivity index (χ4n) is 2.60. The average Bonchev–Trinajstić information content (AvgIpc) is 2.63. The summed E-state index contributed by atoms with van der Waals surface area (Å²) in [5.41, 5.74) is 1.66. The average molecular weight is 297 g/mol. The number of anilines is 1. The van der Waals surface area contributed by atoms with Crippen molar-refractivity contribution >= 4 is 15.9 Å². The van der Waals surface area contributed by atoms with Gasteiger partial charge in [-0.25, -0.2) is 5.14 Å². The Hall–Kier alpha value is -1.11. The van der Waals surface area contributed by atoms with Crippen LogP contribution in [-0.2, 0) is 16.6 Å². The first kappa shape index (κ1) is 15.3.